The van der Waals surface area contributed by atoms with Crippen molar-refractivity contribution in [2.75, 3.05) is 11.9 Å². The molecule has 4 nitrogen and oxygen atoms in total. The Labute approximate surface area is 153 Å². The predicted octanol–water partition coefficient (Wildman–Crippen LogP) is 5.02. The van der Waals surface area contributed by atoms with E-state index in [-0.39, 0.29) is 5.91 Å². The summed E-state index contributed by atoms with van der Waals surface area (Å²) < 4.78 is 11.3. The molecule has 0 aliphatic rings. The van der Waals surface area contributed by atoms with Crippen molar-refractivity contribution in [3.8, 4) is 11.5 Å². The van der Waals surface area contributed by atoms with Gasteiger partial charge in [-0.2, -0.15) is 0 Å². The molecular weight excluding hydrogens is 326 g/mol. The van der Waals surface area contributed by atoms with Gasteiger partial charge in [0, 0.05) is 5.69 Å². The van der Waals surface area contributed by atoms with Crippen LogP contribution in [0.15, 0.2) is 84.9 Å². The van der Waals surface area contributed by atoms with Crippen LogP contribution in [0.4, 0.5) is 5.69 Å². The molecule has 0 unspecified atom stereocenters. The highest BCUT2D eigenvalue weighted by molar-refractivity contribution is 5.90. The SMILES string of the molecule is O=C(CCOCc1ccccc1)Nc1ccc(Oc2ccccc2)cc1. The third-order valence-electron chi connectivity index (χ3n) is 3.70. The Hall–Kier alpha value is -3.11. The highest BCUT2D eigenvalue weighted by atomic mass is 16.5. The van der Waals surface area contributed by atoms with Crippen LogP contribution in [-0.2, 0) is 16.1 Å². The van der Waals surface area contributed by atoms with E-state index in [0.717, 1.165) is 22.7 Å². The van der Waals surface area contributed by atoms with Crippen molar-refractivity contribution in [2.24, 2.45) is 0 Å². The molecule has 1 amide bonds. The standard InChI is InChI=1S/C22H21NO3/c24-22(15-16-25-17-18-7-3-1-4-8-18)23-19-11-13-21(14-12-19)26-20-9-5-2-6-10-20/h1-14H,15-17H2,(H,23,24). The Balaban J connectivity index is 1.40. The fraction of sp³-hybridized carbons (Fsp3) is 0.136. The molecule has 0 aliphatic heterocycles. The van der Waals surface area contributed by atoms with Gasteiger partial charge in [-0.1, -0.05) is 48.5 Å². The van der Waals surface area contributed by atoms with Gasteiger partial charge in [0.2, 0.25) is 5.91 Å². The number of carbonyl (C=O) groups is 1. The lowest BCUT2D eigenvalue weighted by Crippen LogP contribution is -2.14. The zero-order valence-electron chi connectivity index (χ0n) is 14.4. The Bertz CT molecular complexity index is 802. The van der Waals surface area contributed by atoms with Gasteiger partial charge < -0.3 is 14.8 Å². The van der Waals surface area contributed by atoms with Gasteiger partial charge in [0.1, 0.15) is 11.5 Å². The molecule has 0 bridgehead atoms. The van der Waals surface area contributed by atoms with Gasteiger partial charge >= 0.3 is 0 Å². The van der Waals surface area contributed by atoms with Crippen LogP contribution in [0.25, 0.3) is 0 Å². The number of ether oxygens (including phenoxy) is 2. The smallest absolute Gasteiger partial charge is 0.226 e. The molecule has 0 spiro atoms. The number of hydrogen-bond acceptors (Lipinski definition) is 3. The topological polar surface area (TPSA) is 47.6 Å². The van der Waals surface area contributed by atoms with E-state index in [4.69, 9.17) is 9.47 Å². The van der Waals surface area contributed by atoms with Crippen LogP contribution < -0.4 is 10.1 Å². The lowest BCUT2D eigenvalue weighted by Gasteiger charge is -2.08. The van der Waals surface area contributed by atoms with Gasteiger partial charge in [0.05, 0.1) is 19.6 Å². The maximum absolute atomic E-state index is 12.0. The average molecular weight is 347 g/mol. The van der Waals surface area contributed by atoms with E-state index in [0.29, 0.717) is 19.6 Å². The fourth-order valence-corrected chi connectivity index (χ4v) is 2.38. The van der Waals surface area contributed by atoms with Crippen LogP contribution in [0, 0.1) is 0 Å². The Morgan fingerprint density at radius 2 is 1.38 bits per heavy atom. The summed E-state index contributed by atoms with van der Waals surface area (Å²) in [5.41, 5.74) is 1.83. The number of amides is 1. The summed E-state index contributed by atoms with van der Waals surface area (Å²) in [6.45, 7) is 0.898. The van der Waals surface area contributed by atoms with E-state index in [1.807, 2.05) is 84.9 Å². The minimum atomic E-state index is -0.0743. The molecule has 0 aliphatic carbocycles. The van der Waals surface area contributed by atoms with Crippen molar-refractivity contribution in [3.63, 3.8) is 0 Å². The highest BCUT2D eigenvalue weighted by Gasteiger charge is 2.03. The Morgan fingerprint density at radius 1 is 0.769 bits per heavy atom. The summed E-state index contributed by atoms with van der Waals surface area (Å²) in [5, 5.41) is 2.86. The first-order valence-electron chi connectivity index (χ1n) is 8.54. The second-order valence-corrected chi connectivity index (χ2v) is 5.78. The number of para-hydroxylation sites is 1. The summed E-state index contributed by atoms with van der Waals surface area (Å²) in [7, 11) is 0. The molecule has 0 aromatic heterocycles. The second kappa shape index (κ2) is 9.39. The van der Waals surface area contributed by atoms with E-state index in [1.165, 1.54) is 0 Å². The molecule has 3 aromatic rings. The number of benzene rings is 3. The molecule has 0 atom stereocenters. The van der Waals surface area contributed by atoms with Crippen molar-refractivity contribution in [3.05, 3.63) is 90.5 Å². The molecule has 3 aromatic carbocycles. The normalized spacial score (nSPS) is 10.3. The summed E-state index contributed by atoms with van der Waals surface area (Å²) in [6, 6.07) is 26.8. The number of anilines is 1. The zero-order chi connectivity index (χ0) is 18.0. The fourth-order valence-electron chi connectivity index (χ4n) is 2.38. The summed E-state index contributed by atoms with van der Waals surface area (Å²) in [4.78, 5) is 12.0. The first-order chi connectivity index (χ1) is 12.8. The van der Waals surface area contributed by atoms with E-state index in [2.05, 4.69) is 5.32 Å². The lowest BCUT2D eigenvalue weighted by atomic mass is 10.2. The van der Waals surface area contributed by atoms with Crippen LogP contribution >= 0.6 is 0 Å². The van der Waals surface area contributed by atoms with Crippen LogP contribution in [0.3, 0.4) is 0 Å². The van der Waals surface area contributed by atoms with Crippen LogP contribution in [0.5, 0.6) is 11.5 Å². The Kier molecular flexibility index (Phi) is 6.40. The average Bonchev–Trinajstić information content (AvgIpc) is 2.68. The third-order valence-corrected chi connectivity index (χ3v) is 3.70. The maximum atomic E-state index is 12.0. The molecule has 4 heteroatoms. The van der Waals surface area contributed by atoms with Crippen LogP contribution in [-0.4, -0.2) is 12.5 Å². The van der Waals surface area contributed by atoms with E-state index >= 15 is 0 Å². The van der Waals surface area contributed by atoms with Gasteiger partial charge in [-0.15, -0.1) is 0 Å². The van der Waals surface area contributed by atoms with Crippen LogP contribution in [0.2, 0.25) is 0 Å². The molecule has 0 heterocycles. The number of carbonyl (C=O) groups excluding carboxylic acids is 1. The first-order valence-corrected chi connectivity index (χ1v) is 8.54. The van der Waals surface area contributed by atoms with E-state index in [1.54, 1.807) is 0 Å². The molecule has 0 radical (unpaired) electrons. The molecule has 0 saturated heterocycles. The van der Waals surface area contributed by atoms with Gasteiger partial charge in [-0.25, -0.2) is 0 Å². The molecule has 0 saturated carbocycles. The van der Waals surface area contributed by atoms with Gasteiger partial charge in [-0.3, -0.25) is 4.79 Å². The number of hydrogen-bond donors (Lipinski definition) is 1. The predicted molar refractivity (Wildman–Crippen MR) is 102 cm³/mol. The van der Waals surface area contributed by atoms with E-state index in [9.17, 15) is 4.79 Å². The Morgan fingerprint density at radius 3 is 2.08 bits per heavy atom. The minimum Gasteiger partial charge on any atom is -0.457 e. The highest BCUT2D eigenvalue weighted by Crippen LogP contribution is 2.22. The van der Waals surface area contributed by atoms with Gasteiger partial charge in [-0.05, 0) is 42.0 Å². The molecule has 26 heavy (non-hydrogen) atoms. The first kappa shape index (κ1) is 17.7. The summed E-state index contributed by atoms with van der Waals surface area (Å²) >= 11 is 0. The number of rotatable bonds is 8. The quantitative estimate of drug-likeness (QED) is 0.582. The van der Waals surface area contributed by atoms with Gasteiger partial charge in [0.15, 0.2) is 0 Å². The van der Waals surface area contributed by atoms with Crippen LogP contribution in [0.1, 0.15) is 12.0 Å². The van der Waals surface area contributed by atoms with Crippen molar-refractivity contribution < 1.29 is 14.3 Å². The number of nitrogens with one attached hydrogen (secondary N) is 1. The molecular formula is C22H21NO3. The summed E-state index contributed by atoms with van der Waals surface area (Å²) in [6.07, 6.45) is 0.315. The largest absolute Gasteiger partial charge is 0.457 e. The molecule has 132 valence electrons. The van der Waals surface area contributed by atoms with Crippen molar-refractivity contribution in [2.45, 2.75) is 13.0 Å². The second-order valence-electron chi connectivity index (χ2n) is 5.78. The lowest BCUT2D eigenvalue weighted by molar-refractivity contribution is -0.117. The minimum absolute atomic E-state index is 0.0743. The van der Waals surface area contributed by atoms with Gasteiger partial charge in [0.25, 0.3) is 0 Å². The maximum Gasteiger partial charge on any atom is 0.226 e. The van der Waals surface area contributed by atoms with Crippen molar-refractivity contribution in [1.29, 1.82) is 0 Å². The monoisotopic (exact) mass is 347 g/mol. The molecule has 0 fully saturated rings. The zero-order valence-corrected chi connectivity index (χ0v) is 14.4. The summed E-state index contributed by atoms with van der Waals surface area (Å²) in [5.74, 6) is 1.43. The molecule has 1 N–H and O–H groups in total. The van der Waals surface area contributed by atoms with E-state index < -0.39 is 0 Å². The van der Waals surface area contributed by atoms with Crippen molar-refractivity contribution >= 4 is 11.6 Å². The molecule has 3 rings (SSSR count). The third kappa shape index (κ3) is 5.76. The van der Waals surface area contributed by atoms with Crippen molar-refractivity contribution in [1.82, 2.24) is 0 Å².